The van der Waals surface area contributed by atoms with E-state index in [-0.39, 0.29) is 10.6 Å². The third kappa shape index (κ3) is 3.91. The predicted molar refractivity (Wildman–Crippen MR) is 72.5 cm³/mol. The molecule has 88 valence electrons. The Balaban J connectivity index is 2.69. The van der Waals surface area contributed by atoms with Crippen molar-refractivity contribution in [2.45, 2.75) is 37.9 Å². The van der Waals surface area contributed by atoms with E-state index in [0.29, 0.717) is 12.8 Å². The summed E-state index contributed by atoms with van der Waals surface area (Å²) in [7, 11) is 0. The first kappa shape index (κ1) is 13.7. The molecule has 0 radical (unpaired) electrons. The number of hydrogen-bond acceptors (Lipinski definition) is 1. The highest BCUT2D eigenvalue weighted by atomic mass is 79.9. The smallest absolute Gasteiger partial charge is 0.146 e. The minimum Gasteiger partial charge on any atom is -0.298 e. The number of carbonyl (C=O) groups is 1. The van der Waals surface area contributed by atoms with Crippen molar-refractivity contribution in [3.63, 3.8) is 0 Å². The van der Waals surface area contributed by atoms with Crippen molar-refractivity contribution in [1.82, 2.24) is 0 Å². The molecule has 16 heavy (non-hydrogen) atoms. The Kier molecular flexibility index (Phi) is 5.50. The topological polar surface area (TPSA) is 17.1 Å². The quantitative estimate of drug-likeness (QED) is 0.740. The van der Waals surface area contributed by atoms with Crippen molar-refractivity contribution in [3.05, 3.63) is 34.3 Å². The second-order valence-electron chi connectivity index (χ2n) is 3.98. The van der Waals surface area contributed by atoms with E-state index < -0.39 is 0 Å². The van der Waals surface area contributed by atoms with Gasteiger partial charge in [-0.15, -0.1) is 0 Å². The van der Waals surface area contributed by atoms with Gasteiger partial charge in [-0.05, 0) is 37.0 Å². The molecule has 0 saturated heterocycles. The van der Waals surface area contributed by atoms with Crippen LogP contribution >= 0.6 is 27.5 Å². The number of hydrogen-bond donors (Lipinski definition) is 0. The summed E-state index contributed by atoms with van der Waals surface area (Å²) in [4.78, 5) is 11.5. The first-order chi connectivity index (χ1) is 7.54. The van der Waals surface area contributed by atoms with Gasteiger partial charge in [-0.3, -0.25) is 4.79 Å². The molecule has 0 bridgehead atoms. The molecule has 0 fully saturated rings. The zero-order valence-corrected chi connectivity index (χ0v) is 11.9. The van der Waals surface area contributed by atoms with Crippen LogP contribution in [-0.4, -0.2) is 10.6 Å². The summed E-state index contributed by atoms with van der Waals surface area (Å²) < 4.78 is 0. The highest BCUT2D eigenvalue weighted by Crippen LogP contribution is 2.22. The van der Waals surface area contributed by atoms with E-state index >= 15 is 0 Å². The molecule has 0 aromatic heterocycles. The Morgan fingerprint density at radius 1 is 1.50 bits per heavy atom. The number of ketones is 1. The summed E-state index contributed by atoms with van der Waals surface area (Å²) in [6.07, 6.45) is 2.18. The number of alkyl halides is 1. The van der Waals surface area contributed by atoms with E-state index in [9.17, 15) is 4.79 Å². The molecular weight excluding hydrogens is 287 g/mol. The minimum atomic E-state index is -0.118. The first-order valence-electron chi connectivity index (χ1n) is 5.46. The minimum absolute atomic E-state index is 0.118. The fourth-order valence-electron chi connectivity index (χ4n) is 1.53. The standard InChI is InChI=1S/C13H16BrClO/c1-3-4-13(16)11(14)8-10-6-5-9(2)7-12(10)15/h5-7,11H,3-4,8H2,1-2H3. The Labute approximate surface area is 110 Å². The Morgan fingerprint density at radius 2 is 2.19 bits per heavy atom. The summed E-state index contributed by atoms with van der Waals surface area (Å²) in [6, 6.07) is 5.94. The summed E-state index contributed by atoms with van der Waals surface area (Å²) in [5, 5.41) is 0.744. The van der Waals surface area contributed by atoms with Gasteiger partial charge >= 0.3 is 0 Å². The largest absolute Gasteiger partial charge is 0.298 e. The van der Waals surface area contributed by atoms with Gasteiger partial charge in [0.05, 0.1) is 4.83 Å². The Morgan fingerprint density at radius 3 is 2.75 bits per heavy atom. The van der Waals surface area contributed by atoms with Crippen LogP contribution in [0.25, 0.3) is 0 Å². The monoisotopic (exact) mass is 302 g/mol. The number of rotatable bonds is 5. The highest BCUT2D eigenvalue weighted by molar-refractivity contribution is 9.10. The Bertz CT molecular complexity index is 376. The van der Waals surface area contributed by atoms with Crippen LogP contribution in [-0.2, 0) is 11.2 Å². The van der Waals surface area contributed by atoms with Crippen molar-refractivity contribution < 1.29 is 4.79 Å². The second-order valence-corrected chi connectivity index (χ2v) is 5.50. The lowest BCUT2D eigenvalue weighted by Crippen LogP contribution is -2.16. The second kappa shape index (κ2) is 6.41. The zero-order valence-electron chi connectivity index (χ0n) is 9.59. The number of carbonyl (C=O) groups excluding carboxylic acids is 1. The molecule has 0 heterocycles. The van der Waals surface area contributed by atoms with Gasteiger partial charge in [0.25, 0.3) is 0 Å². The summed E-state index contributed by atoms with van der Waals surface area (Å²) in [5.41, 5.74) is 2.17. The molecular formula is C13H16BrClO. The zero-order chi connectivity index (χ0) is 12.1. The van der Waals surface area contributed by atoms with Crippen molar-refractivity contribution in [2.75, 3.05) is 0 Å². The number of aryl methyl sites for hydroxylation is 1. The van der Waals surface area contributed by atoms with Gasteiger partial charge in [0.1, 0.15) is 5.78 Å². The number of Topliss-reactive ketones (excluding diaryl/α,β-unsaturated/α-hetero) is 1. The molecule has 0 aliphatic rings. The highest BCUT2D eigenvalue weighted by Gasteiger charge is 2.15. The van der Waals surface area contributed by atoms with E-state index in [1.807, 2.05) is 32.0 Å². The van der Waals surface area contributed by atoms with E-state index in [1.54, 1.807) is 0 Å². The van der Waals surface area contributed by atoms with Gasteiger partial charge in [0, 0.05) is 11.4 Å². The van der Waals surface area contributed by atoms with Crippen LogP contribution < -0.4 is 0 Å². The number of benzene rings is 1. The van der Waals surface area contributed by atoms with E-state index in [1.165, 1.54) is 0 Å². The van der Waals surface area contributed by atoms with Crippen molar-refractivity contribution in [1.29, 1.82) is 0 Å². The lowest BCUT2D eigenvalue weighted by Gasteiger charge is -2.10. The maximum Gasteiger partial charge on any atom is 0.146 e. The van der Waals surface area contributed by atoms with Crippen molar-refractivity contribution in [3.8, 4) is 0 Å². The molecule has 0 N–H and O–H groups in total. The molecule has 0 amide bonds. The fourth-order valence-corrected chi connectivity index (χ4v) is 2.42. The normalized spacial score (nSPS) is 12.5. The summed E-state index contributed by atoms with van der Waals surface area (Å²) in [6.45, 7) is 4.01. The van der Waals surface area contributed by atoms with Gasteiger partial charge in [-0.2, -0.15) is 0 Å². The lowest BCUT2D eigenvalue weighted by molar-refractivity contribution is -0.118. The van der Waals surface area contributed by atoms with Crippen LogP contribution in [0.2, 0.25) is 5.02 Å². The van der Waals surface area contributed by atoms with E-state index in [0.717, 1.165) is 22.6 Å². The van der Waals surface area contributed by atoms with Crippen LogP contribution in [0.3, 0.4) is 0 Å². The number of halogens is 2. The van der Waals surface area contributed by atoms with E-state index in [4.69, 9.17) is 11.6 Å². The van der Waals surface area contributed by atoms with Gasteiger partial charge in [-0.1, -0.05) is 46.6 Å². The van der Waals surface area contributed by atoms with E-state index in [2.05, 4.69) is 15.9 Å². The molecule has 3 heteroatoms. The molecule has 0 spiro atoms. The fraction of sp³-hybridized carbons (Fsp3) is 0.462. The predicted octanol–water partition coefficient (Wildman–Crippen LogP) is 4.32. The maximum absolute atomic E-state index is 11.6. The molecule has 1 rings (SSSR count). The third-order valence-corrected chi connectivity index (χ3v) is 3.64. The van der Waals surface area contributed by atoms with Crippen molar-refractivity contribution in [2.24, 2.45) is 0 Å². The molecule has 1 aromatic carbocycles. The lowest BCUT2D eigenvalue weighted by atomic mass is 10.0. The van der Waals surface area contributed by atoms with Crippen molar-refractivity contribution >= 4 is 33.3 Å². The van der Waals surface area contributed by atoms with Gasteiger partial charge < -0.3 is 0 Å². The first-order valence-corrected chi connectivity index (χ1v) is 6.75. The molecule has 0 aliphatic heterocycles. The van der Waals surface area contributed by atoms with Crippen LogP contribution in [0, 0.1) is 6.92 Å². The van der Waals surface area contributed by atoms with Gasteiger partial charge in [-0.25, -0.2) is 0 Å². The molecule has 0 aliphatic carbocycles. The van der Waals surface area contributed by atoms with Gasteiger partial charge in [0.2, 0.25) is 0 Å². The molecule has 0 saturated carbocycles. The van der Waals surface area contributed by atoms with Crippen LogP contribution in [0.5, 0.6) is 0 Å². The summed E-state index contributed by atoms with van der Waals surface area (Å²) >= 11 is 9.55. The average Bonchev–Trinajstić information content (AvgIpc) is 2.22. The van der Waals surface area contributed by atoms with Gasteiger partial charge in [0.15, 0.2) is 0 Å². The Hall–Kier alpha value is -0.340. The molecule has 1 atom stereocenters. The SMILES string of the molecule is CCCC(=O)C(Br)Cc1ccc(C)cc1Cl. The van der Waals surface area contributed by atoms with Crippen LogP contribution in [0.1, 0.15) is 30.9 Å². The molecule has 1 nitrogen and oxygen atoms in total. The maximum atomic E-state index is 11.6. The average molecular weight is 304 g/mol. The van der Waals surface area contributed by atoms with Crippen LogP contribution in [0.15, 0.2) is 18.2 Å². The molecule has 1 aromatic rings. The molecule has 1 unspecified atom stereocenters. The third-order valence-electron chi connectivity index (χ3n) is 2.45. The van der Waals surface area contributed by atoms with Crippen LogP contribution in [0.4, 0.5) is 0 Å². The summed E-state index contributed by atoms with van der Waals surface area (Å²) in [5.74, 6) is 0.249.